The maximum Gasteiger partial charge on any atom is 0.335 e. The van der Waals surface area contributed by atoms with E-state index in [0.29, 0.717) is 11.3 Å². The van der Waals surface area contributed by atoms with Crippen molar-refractivity contribution in [3.05, 3.63) is 76.4 Å². The molecule has 3 heteroatoms. The van der Waals surface area contributed by atoms with Gasteiger partial charge in [0.05, 0.1) is 0 Å². The van der Waals surface area contributed by atoms with E-state index in [9.17, 15) is 9.90 Å². The van der Waals surface area contributed by atoms with Crippen LogP contribution in [0.4, 0.5) is 0 Å². The van der Waals surface area contributed by atoms with Crippen molar-refractivity contribution in [2.24, 2.45) is 0 Å². The monoisotopic (exact) mass is 394 g/mol. The van der Waals surface area contributed by atoms with E-state index in [1.165, 1.54) is 5.56 Å². The van der Waals surface area contributed by atoms with Gasteiger partial charge in [-0.1, -0.05) is 76.1 Å². The summed E-state index contributed by atoms with van der Waals surface area (Å²) in [5, 5.41) is 11.3. The zero-order chi connectivity index (χ0) is 21.8. The third-order valence-corrected chi connectivity index (χ3v) is 5.03. The molecule has 3 nitrogen and oxygen atoms in total. The smallest absolute Gasteiger partial charge is 0.335 e. The zero-order valence-corrected chi connectivity index (χ0v) is 18.6. The Kier molecular flexibility index (Phi) is 7.43. The molecular weight excluding hydrogens is 360 g/mol. The highest BCUT2D eigenvalue weighted by atomic mass is 16.5. The number of aliphatic hydroxyl groups excluding tert-OH is 1. The summed E-state index contributed by atoms with van der Waals surface area (Å²) in [4.78, 5) is 12.1. The largest absolute Gasteiger partial charge is 0.423 e. The minimum absolute atomic E-state index is 0.254. The van der Waals surface area contributed by atoms with E-state index in [2.05, 4.69) is 46.4 Å². The summed E-state index contributed by atoms with van der Waals surface area (Å²) in [7, 11) is 0. The lowest BCUT2D eigenvalue weighted by Gasteiger charge is -2.26. The molecule has 0 bridgehead atoms. The molecule has 0 aliphatic carbocycles. The minimum Gasteiger partial charge on any atom is -0.423 e. The first-order valence-electron chi connectivity index (χ1n) is 10.3. The van der Waals surface area contributed by atoms with E-state index in [0.717, 1.165) is 47.6 Å². The number of aryl methyl sites for hydroxylation is 3. The Bertz CT molecular complexity index is 888. The van der Waals surface area contributed by atoms with Crippen molar-refractivity contribution in [2.75, 3.05) is 0 Å². The van der Waals surface area contributed by atoms with Gasteiger partial charge in [0.1, 0.15) is 11.9 Å². The van der Waals surface area contributed by atoms with Gasteiger partial charge in [-0.2, -0.15) is 0 Å². The highest BCUT2D eigenvalue weighted by molar-refractivity contribution is 5.84. The van der Waals surface area contributed by atoms with E-state index in [1.54, 1.807) is 0 Å². The molecule has 156 valence electrons. The molecule has 0 aliphatic heterocycles. The summed E-state index contributed by atoms with van der Waals surface area (Å²) in [6, 6.07) is 10.1. The molecular formula is C26H34O3. The molecule has 1 unspecified atom stereocenters. The zero-order valence-electron chi connectivity index (χ0n) is 18.6. The second-order valence-corrected chi connectivity index (χ2v) is 8.86. The van der Waals surface area contributed by atoms with Crippen LogP contribution in [0.25, 0.3) is 0 Å². The van der Waals surface area contributed by atoms with Gasteiger partial charge >= 0.3 is 5.97 Å². The van der Waals surface area contributed by atoms with Gasteiger partial charge in [0.2, 0.25) is 0 Å². The number of rotatable bonds is 7. The van der Waals surface area contributed by atoms with Crippen LogP contribution in [-0.2, 0) is 16.6 Å². The van der Waals surface area contributed by atoms with E-state index >= 15 is 0 Å². The first-order chi connectivity index (χ1) is 13.6. The van der Waals surface area contributed by atoms with Crippen LogP contribution in [0.15, 0.2) is 43.0 Å². The van der Waals surface area contributed by atoms with Gasteiger partial charge in [0.25, 0.3) is 0 Å². The Hall–Kier alpha value is -2.39. The maximum atomic E-state index is 12.1. The molecule has 1 N–H and O–H groups in total. The number of unbranched alkanes of at least 4 members (excludes halogenated alkanes) is 1. The van der Waals surface area contributed by atoms with Crippen LogP contribution in [0.5, 0.6) is 5.75 Å². The maximum absolute atomic E-state index is 12.1. The normalized spacial score (nSPS) is 12.5. The standard InChI is InChI=1S/C26H34O3/c1-8-10-11-19-12-17(3)13-20(16-19)24(28)21-14-18(4)15-22(26(5,6)7)25(21)29-23(27)9-2/h9,12-16,24,28H,2,8,10-11H2,1,3-7H3. The Balaban J connectivity index is 2.63. The summed E-state index contributed by atoms with van der Waals surface area (Å²) in [5.74, 6) is -0.0993. The lowest BCUT2D eigenvalue weighted by Crippen LogP contribution is -2.18. The average Bonchev–Trinajstić information content (AvgIpc) is 2.65. The first kappa shape index (κ1) is 22.9. The fourth-order valence-corrected chi connectivity index (χ4v) is 3.57. The van der Waals surface area contributed by atoms with E-state index in [1.807, 2.05) is 32.0 Å². The number of hydrogen-bond donors (Lipinski definition) is 1. The Labute approximate surface area is 175 Å². The minimum atomic E-state index is -0.885. The van der Waals surface area contributed by atoms with Crippen molar-refractivity contribution in [2.45, 2.75) is 72.3 Å². The molecule has 0 heterocycles. The highest BCUT2D eigenvalue weighted by Gasteiger charge is 2.27. The fourth-order valence-electron chi connectivity index (χ4n) is 3.57. The van der Waals surface area contributed by atoms with Gasteiger partial charge in [0.15, 0.2) is 0 Å². The molecule has 0 saturated carbocycles. The van der Waals surface area contributed by atoms with Crippen LogP contribution in [-0.4, -0.2) is 11.1 Å². The molecule has 29 heavy (non-hydrogen) atoms. The van der Waals surface area contributed by atoms with Gasteiger partial charge in [-0.3, -0.25) is 0 Å². The van der Waals surface area contributed by atoms with Gasteiger partial charge in [-0.05, 0) is 49.3 Å². The Morgan fingerprint density at radius 2 is 1.79 bits per heavy atom. The van der Waals surface area contributed by atoms with Crippen molar-refractivity contribution in [3.8, 4) is 5.75 Å². The second-order valence-electron chi connectivity index (χ2n) is 8.86. The van der Waals surface area contributed by atoms with Gasteiger partial charge in [0, 0.05) is 17.2 Å². The molecule has 0 saturated heterocycles. The van der Waals surface area contributed by atoms with Crippen molar-refractivity contribution >= 4 is 5.97 Å². The number of benzene rings is 2. The molecule has 0 amide bonds. The molecule has 2 aromatic carbocycles. The van der Waals surface area contributed by atoms with Crippen molar-refractivity contribution in [3.63, 3.8) is 0 Å². The van der Waals surface area contributed by atoms with E-state index in [-0.39, 0.29) is 5.41 Å². The lowest BCUT2D eigenvalue weighted by atomic mass is 9.82. The van der Waals surface area contributed by atoms with Crippen LogP contribution in [0, 0.1) is 13.8 Å². The SMILES string of the molecule is C=CC(=O)Oc1c(C(O)c2cc(C)cc(CCCC)c2)cc(C)cc1C(C)(C)C. The summed E-state index contributed by atoms with van der Waals surface area (Å²) in [6.07, 6.45) is 3.49. The van der Waals surface area contributed by atoms with Crippen molar-refractivity contribution in [1.29, 1.82) is 0 Å². The molecule has 0 radical (unpaired) electrons. The second kappa shape index (κ2) is 9.41. The molecule has 1 atom stereocenters. The summed E-state index contributed by atoms with van der Waals surface area (Å²) in [6.45, 7) is 15.9. The van der Waals surface area contributed by atoms with Gasteiger partial charge in [-0.25, -0.2) is 4.79 Å². The lowest BCUT2D eigenvalue weighted by molar-refractivity contribution is -0.129. The molecule has 0 aromatic heterocycles. The topological polar surface area (TPSA) is 46.5 Å². The first-order valence-corrected chi connectivity index (χ1v) is 10.3. The number of esters is 1. The molecule has 0 spiro atoms. The number of aliphatic hydroxyl groups is 1. The molecule has 0 aliphatic rings. The fraction of sp³-hybridized carbons (Fsp3) is 0.423. The summed E-state index contributed by atoms with van der Waals surface area (Å²) >= 11 is 0. The predicted molar refractivity (Wildman–Crippen MR) is 120 cm³/mol. The highest BCUT2D eigenvalue weighted by Crippen LogP contribution is 2.40. The third-order valence-electron chi connectivity index (χ3n) is 5.03. The van der Waals surface area contributed by atoms with E-state index in [4.69, 9.17) is 4.74 Å². The quantitative estimate of drug-likeness (QED) is 0.350. The molecule has 0 fully saturated rings. The number of carbonyl (C=O) groups excluding carboxylic acids is 1. The number of ether oxygens (including phenoxy) is 1. The third kappa shape index (κ3) is 5.80. The van der Waals surface area contributed by atoms with Crippen LogP contribution in [0.1, 0.15) is 80.0 Å². The average molecular weight is 395 g/mol. The predicted octanol–water partition coefficient (Wildman–Crippen LogP) is 6.12. The molecule has 2 aromatic rings. The van der Waals surface area contributed by atoms with Crippen molar-refractivity contribution in [1.82, 2.24) is 0 Å². The molecule has 2 rings (SSSR count). The van der Waals surface area contributed by atoms with Crippen LogP contribution in [0.2, 0.25) is 0 Å². The van der Waals surface area contributed by atoms with E-state index < -0.39 is 12.1 Å². The number of hydrogen-bond acceptors (Lipinski definition) is 3. The Morgan fingerprint density at radius 1 is 1.14 bits per heavy atom. The summed E-state index contributed by atoms with van der Waals surface area (Å²) < 4.78 is 5.66. The van der Waals surface area contributed by atoms with Crippen LogP contribution >= 0.6 is 0 Å². The van der Waals surface area contributed by atoms with Crippen LogP contribution in [0.3, 0.4) is 0 Å². The van der Waals surface area contributed by atoms with Gasteiger partial charge in [-0.15, -0.1) is 0 Å². The number of carbonyl (C=O) groups is 1. The van der Waals surface area contributed by atoms with Crippen molar-refractivity contribution < 1.29 is 14.6 Å². The summed E-state index contributed by atoms with van der Waals surface area (Å²) in [5.41, 5.74) is 5.41. The van der Waals surface area contributed by atoms with Gasteiger partial charge < -0.3 is 9.84 Å². The Morgan fingerprint density at radius 3 is 2.38 bits per heavy atom. The van der Waals surface area contributed by atoms with Crippen LogP contribution < -0.4 is 4.74 Å².